The first-order valence-corrected chi connectivity index (χ1v) is 8.43. The summed E-state index contributed by atoms with van der Waals surface area (Å²) in [5, 5.41) is 2.88. The Labute approximate surface area is 119 Å². The average molecular weight is 296 g/mol. The highest BCUT2D eigenvalue weighted by molar-refractivity contribution is 7.89. The fraction of sp³-hybridized carbons (Fsp3) is 0.615. The third-order valence-electron chi connectivity index (χ3n) is 3.97. The Balaban J connectivity index is 1.71. The lowest BCUT2D eigenvalue weighted by molar-refractivity contribution is 0.180. The Kier molecular flexibility index (Phi) is 3.66. The van der Waals surface area contributed by atoms with Crippen LogP contribution in [-0.2, 0) is 10.0 Å². The van der Waals surface area contributed by atoms with E-state index in [0.29, 0.717) is 24.9 Å². The van der Waals surface area contributed by atoms with Crippen LogP contribution in [0.2, 0.25) is 0 Å². The highest BCUT2D eigenvalue weighted by atomic mass is 32.2. The predicted octanol–water partition coefficient (Wildman–Crippen LogP) is 0.592. The molecule has 0 spiro atoms. The second-order valence-electron chi connectivity index (χ2n) is 5.30. The largest absolute Gasteiger partial charge is 0.373 e. The summed E-state index contributed by atoms with van der Waals surface area (Å²) in [5.41, 5.74) is 0. The van der Waals surface area contributed by atoms with Gasteiger partial charge in [-0.05, 0) is 25.0 Å². The zero-order chi connectivity index (χ0) is 14.2. The van der Waals surface area contributed by atoms with Crippen molar-refractivity contribution in [2.75, 3.05) is 38.5 Å². The summed E-state index contributed by atoms with van der Waals surface area (Å²) in [6.07, 6.45) is 3.96. The molecular weight excluding hydrogens is 276 g/mol. The zero-order valence-electron chi connectivity index (χ0n) is 11.6. The molecule has 1 aliphatic carbocycles. The number of sulfonamides is 1. The third-order valence-corrected chi connectivity index (χ3v) is 5.85. The second kappa shape index (κ2) is 5.31. The summed E-state index contributed by atoms with van der Waals surface area (Å²) in [5.74, 6) is 0.669. The Morgan fingerprint density at radius 3 is 2.40 bits per heavy atom. The Morgan fingerprint density at radius 2 is 1.90 bits per heavy atom. The van der Waals surface area contributed by atoms with Gasteiger partial charge in [0, 0.05) is 45.5 Å². The maximum absolute atomic E-state index is 12.5. The number of rotatable bonds is 4. The van der Waals surface area contributed by atoms with Crippen LogP contribution in [0.4, 0.5) is 5.82 Å². The number of hydrogen-bond donors (Lipinski definition) is 1. The topological polar surface area (TPSA) is 65.5 Å². The molecule has 7 heteroatoms. The fourth-order valence-electron chi connectivity index (χ4n) is 2.58. The van der Waals surface area contributed by atoms with E-state index in [1.54, 1.807) is 23.5 Å². The van der Waals surface area contributed by atoms with Gasteiger partial charge in [-0.3, -0.25) is 4.90 Å². The molecule has 2 aliphatic rings. The van der Waals surface area contributed by atoms with Crippen LogP contribution in [0.3, 0.4) is 0 Å². The molecule has 110 valence electrons. The Bertz CT molecular complexity index is 561. The van der Waals surface area contributed by atoms with E-state index < -0.39 is 10.0 Å². The van der Waals surface area contributed by atoms with Crippen LogP contribution in [0.25, 0.3) is 0 Å². The van der Waals surface area contributed by atoms with Crippen molar-refractivity contribution >= 4 is 15.8 Å². The SMILES string of the molecule is CNc1ccc(S(=O)(=O)N2CCN(C3CC3)CC2)cn1. The van der Waals surface area contributed by atoms with E-state index in [1.165, 1.54) is 19.0 Å². The van der Waals surface area contributed by atoms with Crippen molar-refractivity contribution in [3.05, 3.63) is 18.3 Å². The number of anilines is 1. The molecule has 6 nitrogen and oxygen atoms in total. The molecule has 0 amide bonds. The van der Waals surface area contributed by atoms with Crippen molar-refractivity contribution in [1.29, 1.82) is 0 Å². The van der Waals surface area contributed by atoms with Crippen LogP contribution in [-0.4, -0.2) is 61.9 Å². The smallest absolute Gasteiger partial charge is 0.244 e. The quantitative estimate of drug-likeness (QED) is 0.881. The molecular formula is C13H20N4O2S. The molecule has 0 aromatic carbocycles. The van der Waals surface area contributed by atoms with Gasteiger partial charge in [-0.2, -0.15) is 4.31 Å². The van der Waals surface area contributed by atoms with Gasteiger partial charge in [0.25, 0.3) is 0 Å². The summed E-state index contributed by atoms with van der Waals surface area (Å²) in [4.78, 5) is 6.76. The minimum Gasteiger partial charge on any atom is -0.373 e. The lowest BCUT2D eigenvalue weighted by Crippen LogP contribution is -2.49. The first-order chi connectivity index (χ1) is 9.61. The van der Waals surface area contributed by atoms with Gasteiger partial charge in [0.1, 0.15) is 10.7 Å². The molecule has 0 unspecified atom stereocenters. The molecule has 2 heterocycles. The number of nitrogens with one attached hydrogen (secondary N) is 1. The molecule has 0 bridgehead atoms. The molecule has 20 heavy (non-hydrogen) atoms. The maximum atomic E-state index is 12.5. The molecule has 1 N–H and O–H groups in total. The highest BCUT2D eigenvalue weighted by Crippen LogP contribution is 2.28. The van der Waals surface area contributed by atoms with E-state index >= 15 is 0 Å². The van der Waals surface area contributed by atoms with Gasteiger partial charge in [0.2, 0.25) is 10.0 Å². The highest BCUT2D eigenvalue weighted by Gasteiger charge is 2.34. The number of hydrogen-bond acceptors (Lipinski definition) is 5. The van der Waals surface area contributed by atoms with Gasteiger partial charge in [0.15, 0.2) is 0 Å². The van der Waals surface area contributed by atoms with Crippen LogP contribution >= 0.6 is 0 Å². The molecule has 1 saturated carbocycles. The first-order valence-electron chi connectivity index (χ1n) is 6.99. The first kappa shape index (κ1) is 13.8. The van der Waals surface area contributed by atoms with Gasteiger partial charge < -0.3 is 5.32 Å². The van der Waals surface area contributed by atoms with Crippen LogP contribution in [0.5, 0.6) is 0 Å². The van der Waals surface area contributed by atoms with Crippen LogP contribution in [0, 0.1) is 0 Å². The van der Waals surface area contributed by atoms with Crippen LogP contribution in [0.15, 0.2) is 23.2 Å². The summed E-state index contributed by atoms with van der Waals surface area (Å²) < 4.78 is 26.6. The molecule has 2 fully saturated rings. The van der Waals surface area contributed by atoms with E-state index in [2.05, 4.69) is 15.2 Å². The summed E-state index contributed by atoms with van der Waals surface area (Å²) in [6.45, 7) is 2.83. The standard InChI is InChI=1S/C13H20N4O2S/c1-14-13-5-4-12(10-15-13)20(18,19)17-8-6-16(7-9-17)11-2-3-11/h4-5,10-11H,2-3,6-9H2,1H3,(H,14,15). The Hall–Kier alpha value is -1.18. The average Bonchev–Trinajstić information content (AvgIpc) is 3.32. The summed E-state index contributed by atoms with van der Waals surface area (Å²) >= 11 is 0. The zero-order valence-corrected chi connectivity index (χ0v) is 12.4. The number of aromatic nitrogens is 1. The van der Waals surface area contributed by atoms with Gasteiger partial charge in [-0.1, -0.05) is 0 Å². The van der Waals surface area contributed by atoms with E-state index in [4.69, 9.17) is 0 Å². The predicted molar refractivity (Wildman–Crippen MR) is 77.1 cm³/mol. The third kappa shape index (κ3) is 2.65. The van der Waals surface area contributed by atoms with Crippen LogP contribution < -0.4 is 5.32 Å². The van der Waals surface area contributed by atoms with Gasteiger partial charge in [-0.25, -0.2) is 13.4 Å². The van der Waals surface area contributed by atoms with E-state index in [9.17, 15) is 8.42 Å². The Morgan fingerprint density at radius 1 is 1.20 bits per heavy atom. The van der Waals surface area contributed by atoms with Crippen molar-refractivity contribution in [2.45, 2.75) is 23.8 Å². The maximum Gasteiger partial charge on any atom is 0.244 e. The summed E-state index contributed by atoms with van der Waals surface area (Å²) in [7, 11) is -1.64. The molecule has 0 radical (unpaired) electrons. The van der Waals surface area contributed by atoms with Crippen molar-refractivity contribution < 1.29 is 8.42 Å². The number of pyridine rings is 1. The summed E-state index contributed by atoms with van der Waals surface area (Å²) in [6, 6.07) is 4.01. The minimum absolute atomic E-state index is 0.274. The molecule has 1 aromatic rings. The molecule has 3 rings (SSSR count). The van der Waals surface area contributed by atoms with E-state index in [1.807, 2.05) is 0 Å². The molecule has 1 aromatic heterocycles. The molecule has 0 atom stereocenters. The normalized spacial score (nSPS) is 21.9. The number of piperazine rings is 1. The van der Waals surface area contributed by atoms with Gasteiger partial charge in [-0.15, -0.1) is 0 Å². The lowest BCUT2D eigenvalue weighted by Gasteiger charge is -2.33. The molecule has 1 saturated heterocycles. The van der Waals surface area contributed by atoms with Crippen molar-refractivity contribution in [1.82, 2.24) is 14.2 Å². The monoisotopic (exact) mass is 296 g/mol. The van der Waals surface area contributed by atoms with Gasteiger partial charge >= 0.3 is 0 Å². The van der Waals surface area contributed by atoms with E-state index in [-0.39, 0.29) is 4.90 Å². The fourth-order valence-corrected chi connectivity index (χ4v) is 3.95. The van der Waals surface area contributed by atoms with Crippen LogP contribution in [0.1, 0.15) is 12.8 Å². The van der Waals surface area contributed by atoms with Crippen molar-refractivity contribution in [3.63, 3.8) is 0 Å². The number of nitrogens with zero attached hydrogens (tertiary/aromatic N) is 3. The van der Waals surface area contributed by atoms with E-state index in [0.717, 1.165) is 13.1 Å². The van der Waals surface area contributed by atoms with Crippen molar-refractivity contribution in [3.8, 4) is 0 Å². The molecule has 1 aliphatic heterocycles. The lowest BCUT2D eigenvalue weighted by atomic mass is 10.3. The minimum atomic E-state index is -3.40. The second-order valence-corrected chi connectivity index (χ2v) is 7.24. The van der Waals surface area contributed by atoms with Gasteiger partial charge in [0.05, 0.1) is 0 Å². The van der Waals surface area contributed by atoms with Crippen molar-refractivity contribution in [2.24, 2.45) is 0 Å².